The van der Waals surface area contributed by atoms with Crippen LogP contribution in [-0.4, -0.2) is 20.7 Å². The molecule has 0 radical (unpaired) electrons. The highest BCUT2D eigenvalue weighted by molar-refractivity contribution is 5.92. The lowest BCUT2D eigenvalue weighted by Gasteiger charge is -2.13. The fourth-order valence-corrected chi connectivity index (χ4v) is 3.05. The minimum atomic E-state index is -4.53. The molecule has 0 fully saturated rings. The Kier molecular flexibility index (Phi) is 4.93. The summed E-state index contributed by atoms with van der Waals surface area (Å²) in [6.07, 6.45) is -3.15. The number of fused-ring (bicyclic) bond motifs is 1. The quantitative estimate of drug-likeness (QED) is 0.330. The van der Waals surface area contributed by atoms with E-state index < -0.39 is 16.7 Å². The molecule has 1 aromatic heterocycles. The summed E-state index contributed by atoms with van der Waals surface area (Å²) in [5, 5.41) is 10.7. The van der Waals surface area contributed by atoms with E-state index in [2.05, 4.69) is 9.98 Å². The molecular formula is C19H17F3N4O2. The number of non-ortho nitro benzene ring substituents is 1. The minimum Gasteiger partial charge on any atom is -0.324 e. The Hall–Kier alpha value is -3.23. The van der Waals surface area contributed by atoms with Crippen LogP contribution in [0.1, 0.15) is 36.8 Å². The zero-order valence-corrected chi connectivity index (χ0v) is 15.4. The van der Waals surface area contributed by atoms with Gasteiger partial charge in [0, 0.05) is 24.4 Å². The van der Waals surface area contributed by atoms with Gasteiger partial charge in [0.25, 0.3) is 5.69 Å². The third-order valence-corrected chi connectivity index (χ3v) is 4.24. The summed E-state index contributed by atoms with van der Waals surface area (Å²) in [7, 11) is 0. The number of nitro groups is 1. The van der Waals surface area contributed by atoms with Crippen molar-refractivity contribution >= 4 is 28.6 Å². The predicted octanol–water partition coefficient (Wildman–Crippen LogP) is 5.60. The summed E-state index contributed by atoms with van der Waals surface area (Å²) in [5.74, 6) is 0.594. The van der Waals surface area contributed by atoms with Gasteiger partial charge in [-0.15, -0.1) is 0 Å². The van der Waals surface area contributed by atoms with Crippen molar-refractivity contribution in [3.8, 4) is 0 Å². The molecule has 9 heteroatoms. The number of hydrogen-bond donors (Lipinski definition) is 0. The number of nitrogens with zero attached hydrogens (tertiary/aromatic N) is 4. The van der Waals surface area contributed by atoms with Gasteiger partial charge in [-0.2, -0.15) is 13.2 Å². The van der Waals surface area contributed by atoms with Gasteiger partial charge in [-0.3, -0.25) is 15.1 Å². The van der Waals surface area contributed by atoms with Gasteiger partial charge in [-0.05, 0) is 50.6 Å². The van der Waals surface area contributed by atoms with Crippen LogP contribution < -0.4 is 0 Å². The van der Waals surface area contributed by atoms with Gasteiger partial charge in [0.05, 0.1) is 27.2 Å². The highest BCUT2D eigenvalue weighted by atomic mass is 19.4. The summed E-state index contributed by atoms with van der Waals surface area (Å²) in [6.45, 7) is 5.56. The highest BCUT2D eigenvalue weighted by Crippen LogP contribution is 2.37. The number of hydrogen-bond acceptors (Lipinski definition) is 4. The number of aryl methyl sites for hydroxylation is 1. The molecule has 3 rings (SSSR count). The van der Waals surface area contributed by atoms with E-state index in [1.807, 2.05) is 18.4 Å². The molecule has 0 spiro atoms. The van der Waals surface area contributed by atoms with Gasteiger partial charge in [0.15, 0.2) is 0 Å². The molecule has 0 N–H and O–H groups in total. The molecule has 28 heavy (non-hydrogen) atoms. The van der Waals surface area contributed by atoms with Crippen molar-refractivity contribution in [2.45, 2.75) is 33.0 Å². The van der Waals surface area contributed by atoms with Crippen LogP contribution in [0.2, 0.25) is 0 Å². The lowest BCUT2D eigenvalue weighted by atomic mass is 10.1. The van der Waals surface area contributed by atoms with Crippen molar-refractivity contribution in [2.75, 3.05) is 0 Å². The highest BCUT2D eigenvalue weighted by Gasteiger charge is 2.32. The molecule has 0 amide bonds. The van der Waals surface area contributed by atoms with E-state index in [-0.39, 0.29) is 22.9 Å². The first-order valence-corrected chi connectivity index (χ1v) is 8.46. The van der Waals surface area contributed by atoms with Crippen molar-refractivity contribution in [1.29, 1.82) is 0 Å². The molecule has 0 saturated heterocycles. The lowest BCUT2D eigenvalue weighted by Crippen LogP contribution is -2.06. The van der Waals surface area contributed by atoms with Crippen LogP contribution in [0.4, 0.5) is 24.5 Å². The average Bonchev–Trinajstić information content (AvgIpc) is 2.95. The van der Waals surface area contributed by atoms with Crippen LogP contribution in [-0.2, 0) is 6.18 Å². The minimum absolute atomic E-state index is 0.0185. The summed E-state index contributed by atoms with van der Waals surface area (Å²) >= 11 is 0. The van der Waals surface area contributed by atoms with E-state index in [9.17, 15) is 23.3 Å². The van der Waals surface area contributed by atoms with Gasteiger partial charge in [0.1, 0.15) is 5.82 Å². The SMILES string of the molecule is Cc1nc2cc(C(F)(F)F)cc(N=Cc3ccc([N+](=O)[O-])cc3)c2n1C(C)C. The number of aromatic nitrogens is 2. The number of halogens is 3. The van der Waals surface area contributed by atoms with Gasteiger partial charge < -0.3 is 4.57 Å². The Morgan fingerprint density at radius 3 is 2.39 bits per heavy atom. The maximum atomic E-state index is 13.3. The Bertz CT molecular complexity index is 1070. The second kappa shape index (κ2) is 7.06. The molecule has 146 valence electrons. The molecule has 0 atom stereocenters. The maximum absolute atomic E-state index is 13.3. The molecule has 1 heterocycles. The van der Waals surface area contributed by atoms with Gasteiger partial charge in [-0.25, -0.2) is 4.98 Å². The Balaban J connectivity index is 2.15. The molecular weight excluding hydrogens is 373 g/mol. The van der Waals surface area contributed by atoms with Gasteiger partial charge >= 0.3 is 6.18 Å². The summed E-state index contributed by atoms with van der Waals surface area (Å²) in [6, 6.07) is 7.58. The third-order valence-electron chi connectivity index (χ3n) is 4.24. The van der Waals surface area contributed by atoms with Crippen molar-refractivity contribution < 1.29 is 18.1 Å². The topological polar surface area (TPSA) is 73.3 Å². The third kappa shape index (κ3) is 3.73. The van der Waals surface area contributed by atoms with Gasteiger partial charge in [-0.1, -0.05) is 0 Å². The van der Waals surface area contributed by atoms with Gasteiger partial charge in [0.2, 0.25) is 0 Å². The van der Waals surface area contributed by atoms with E-state index in [1.165, 1.54) is 30.5 Å². The summed E-state index contributed by atoms with van der Waals surface area (Å²) in [5.41, 5.74) is 0.493. The van der Waals surface area contributed by atoms with E-state index in [0.29, 0.717) is 16.9 Å². The standard InChI is InChI=1S/C19H17F3N4O2/c1-11(2)25-12(3)24-17-9-14(19(20,21)22)8-16(18(17)25)23-10-13-4-6-15(7-5-13)26(27)28/h4-11H,1-3H3. The van der Waals surface area contributed by atoms with E-state index in [0.717, 1.165) is 12.1 Å². The van der Waals surface area contributed by atoms with Crippen molar-refractivity contribution in [1.82, 2.24) is 9.55 Å². The molecule has 0 unspecified atom stereocenters. The Morgan fingerprint density at radius 1 is 1.21 bits per heavy atom. The molecule has 0 bridgehead atoms. The number of rotatable bonds is 4. The van der Waals surface area contributed by atoms with Crippen LogP contribution in [0.3, 0.4) is 0 Å². The van der Waals surface area contributed by atoms with Crippen molar-refractivity contribution in [3.05, 3.63) is 63.5 Å². The number of imidazole rings is 1. The monoisotopic (exact) mass is 390 g/mol. The predicted molar refractivity (Wildman–Crippen MR) is 100 cm³/mol. The molecule has 0 saturated carbocycles. The largest absolute Gasteiger partial charge is 0.416 e. The van der Waals surface area contributed by atoms with Crippen LogP contribution >= 0.6 is 0 Å². The first kappa shape index (κ1) is 19.5. The fraction of sp³-hybridized carbons (Fsp3) is 0.263. The zero-order chi connectivity index (χ0) is 20.6. The second-order valence-electron chi connectivity index (χ2n) is 6.59. The molecule has 6 nitrogen and oxygen atoms in total. The zero-order valence-electron chi connectivity index (χ0n) is 15.4. The number of benzene rings is 2. The first-order valence-electron chi connectivity index (χ1n) is 8.46. The molecule has 3 aromatic rings. The van der Waals surface area contributed by atoms with Crippen molar-refractivity contribution in [3.63, 3.8) is 0 Å². The molecule has 0 aliphatic carbocycles. The number of aliphatic imine (C=N–C) groups is 1. The van der Waals surface area contributed by atoms with Crippen LogP contribution in [0.5, 0.6) is 0 Å². The number of nitro benzene ring substituents is 1. The fourth-order valence-electron chi connectivity index (χ4n) is 3.05. The van der Waals surface area contributed by atoms with E-state index in [1.54, 1.807) is 6.92 Å². The first-order chi connectivity index (χ1) is 13.1. The van der Waals surface area contributed by atoms with Crippen LogP contribution in [0, 0.1) is 17.0 Å². The Labute approximate surface area is 158 Å². The molecule has 0 aliphatic rings. The smallest absolute Gasteiger partial charge is 0.324 e. The molecule has 0 aliphatic heterocycles. The summed E-state index contributed by atoms with van der Waals surface area (Å²) < 4.78 is 41.7. The molecule has 2 aromatic carbocycles. The maximum Gasteiger partial charge on any atom is 0.416 e. The van der Waals surface area contributed by atoms with Crippen LogP contribution in [0.15, 0.2) is 41.4 Å². The normalized spacial score (nSPS) is 12.4. The summed E-state index contributed by atoms with van der Waals surface area (Å²) in [4.78, 5) is 18.7. The van der Waals surface area contributed by atoms with Crippen LogP contribution in [0.25, 0.3) is 11.0 Å². The number of alkyl halides is 3. The Morgan fingerprint density at radius 2 is 1.86 bits per heavy atom. The van der Waals surface area contributed by atoms with E-state index in [4.69, 9.17) is 0 Å². The van der Waals surface area contributed by atoms with E-state index >= 15 is 0 Å². The van der Waals surface area contributed by atoms with Crippen molar-refractivity contribution in [2.24, 2.45) is 4.99 Å². The second-order valence-corrected chi connectivity index (χ2v) is 6.59. The average molecular weight is 390 g/mol. The lowest BCUT2D eigenvalue weighted by molar-refractivity contribution is -0.384.